The number of hydrogen-bond acceptors (Lipinski definition) is 2. The molecule has 5 heteroatoms. The smallest absolute Gasteiger partial charge is 0.303 e. The first-order valence-corrected chi connectivity index (χ1v) is 8.10. The number of carboxylic acids is 2. The standard InChI is InChI=1S/C20H19NO4/c22-19(23)10-15(11-20(24)25)17-13-21(12-14-6-2-1-3-7-14)18-9-5-4-8-16(17)18/h1-9,13,15H,10-12H2,(H,22,23)(H,24,25). The number of hydrogen-bond donors (Lipinski definition) is 2. The molecule has 25 heavy (non-hydrogen) atoms. The number of carbonyl (C=O) groups is 2. The first-order valence-electron chi connectivity index (χ1n) is 8.10. The Labute approximate surface area is 145 Å². The van der Waals surface area contributed by atoms with Gasteiger partial charge in [0.15, 0.2) is 0 Å². The van der Waals surface area contributed by atoms with Crippen LogP contribution >= 0.6 is 0 Å². The number of aliphatic carboxylic acids is 2. The monoisotopic (exact) mass is 337 g/mol. The van der Waals surface area contributed by atoms with E-state index >= 15 is 0 Å². The summed E-state index contributed by atoms with van der Waals surface area (Å²) in [6.45, 7) is 0.647. The Morgan fingerprint density at radius 3 is 2.12 bits per heavy atom. The maximum atomic E-state index is 11.2. The zero-order valence-electron chi connectivity index (χ0n) is 13.6. The van der Waals surface area contributed by atoms with Crippen LogP contribution in [0.4, 0.5) is 0 Å². The number of fused-ring (bicyclic) bond motifs is 1. The third kappa shape index (κ3) is 3.88. The summed E-state index contributed by atoms with van der Waals surface area (Å²) in [6.07, 6.45) is 1.49. The van der Waals surface area contributed by atoms with Gasteiger partial charge in [0, 0.05) is 29.6 Å². The second-order valence-corrected chi connectivity index (χ2v) is 6.11. The summed E-state index contributed by atoms with van der Waals surface area (Å²) in [5.41, 5.74) is 2.88. The van der Waals surface area contributed by atoms with Crippen molar-refractivity contribution in [2.45, 2.75) is 25.3 Å². The lowest BCUT2D eigenvalue weighted by molar-refractivity contribution is -0.139. The van der Waals surface area contributed by atoms with Crippen molar-refractivity contribution in [3.05, 3.63) is 71.9 Å². The highest BCUT2D eigenvalue weighted by Crippen LogP contribution is 2.32. The Kier molecular flexibility index (Phi) is 4.84. The molecule has 3 aromatic rings. The van der Waals surface area contributed by atoms with Crippen LogP contribution in [-0.2, 0) is 16.1 Å². The van der Waals surface area contributed by atoms with Gasteiger partial charge in [-0.25, -0.2) is 0 Å². The van der Waals surface area contributed by atoms with Crippen LogP contribution in [0, 0.1) is 0 Å². The highest BCUT2D eigenvalue weighted by atomic mass is 16.4. The second-order valence-electron chi connectivity index (χ2n) is 6.11. The highest BCUT2D eigenvalue weighted by Gasteiger charge is 2.23. The third-order valence-corrected chi connectivity index (χ3v) is 4.30. The highest BCUT2D eigenvalue weighted by molar-refractivity contribution is 5.86. The van der Waals surface area contributed by atoms with Gasteiger partial charge in [-0.1, -0.05) is 48.5 Å². The fourth-order valence-electron chi connectivity index (χ4n) is 3.23. The van der Waals surface area contributed by atoms with Crippen molar-refractivity contribution in [1.82, 2.24) is 4.57 Å². The lowest BCUT2D eigenvalue weighted by atomic mass is 9.92. The lowest BCUT2D eigenvalue weighted by Gasteiger charge is -2.11. The summed E-state index contributed by atoms with van der Waals surface area (Å²) in [7, 11) is 0. The first kappa shape index (κ1) is 16.8. The molecule has 0 bridgehead atoms. The summed E-state index contributed by atoms with van der Waals surface area (Å²) in [4.78, 5) is 22.4. The minimum absolute atomic E-state index is 0.203. The van der Waals surface area contributed by atoms with Crippen molar-refractivity contribution in [3.8, 4) is 0 Å². The molecule has 0 saturated heterocycles. The van der Waals surface area contributed by atoms with Gasteiger partial charge in [0.25, 0.3) is 0 Å². The molecule has 1 heterocycles. The van der Waals surface area contributed by atoms with E-state index in [1.54, 1.807) is 0 Å². The number of para-hydroxylation sites is 1. The summed E-state index contributed by atoms with van der Waals surface area (Å²) >= 11 is 0. The quantitative estimate of drug-likeness (QED) is 0.688. The largest absolute Gasteiger partial charge is 0.481 e. The molecule has 0 atom stereocenters. The number of carboxylic acid groups (broad SMARTS) is 2. The Hall–Kier alpha value is -3.08. The molecule has 0 amide bonds. The van der Waals surface area contributed by atoms with Gasteiger partial charge in [0.05, 0.1) is 12.8 Å². The molecular formula is C20H19NO4. The van der Waals surface area contributed by atoms with Crippen molar-refractivity contribution in [1.29, 1.82) is 0 Å². The molecule has 0 saturated carbocycles. The van der Waals surface area contributed by atoms with Crippen LogP contribution in [0.2, 0.25) is 0 Å². The van der Waals surface area contributed by atoms with E-state index in [2.05, 4.69) is 4.57 Å². The van der Waals surface area contributed by atoms with Gasteiger partial charge in [0.2, 0.25) is 0 Å². The second kappa shape index (κ2) is 7.21. The Bertz CT molecular complexity index is 882. The lowest BCUT2D eigenvalue weighted by Crippen LogP contribution is -2.11. The molecule has 1 aromatic heterocycles. The molecule has 0 spiro atoms. The van der Waals surface area contributed by atoms with Crippen molar-refractivity contribution in [2.24, 2.45) is 0 Å². The van der Waals surface area contributed by atoms with E-state index < -0.39 is 17.9 Å². The zero-order chi connectivity index (χ0) is 17.8. The van der Waals surface area contributed by atoms with E-state index in [1.165, 1.54) is 0 Å². The van der Waals surface area contributed by atoms with E-state index in [1.807, 2.05) is 60.8 Å². The van der Waals surface area contributed by atoms with Crippen LogP contribution in [0.25, 0.3) is 10.9 Å². The van der Waals surface area contributed by atoms with Crippen LogP contribution in [0.3, 0.4) is 0 Å². The van der Waals surface area contributed by atoms with E-state index in [9.17, 15) is 19.8 Å². The average molecular weight is 337 g/mol. The van der Waals surface area contributed by atoms with Crippen LogP contribution in [0.15, 0.2) is 60.8 Å². The Morgan fingerprint density at radius 1 is 0.880 bits per heavy atom. The molecule has 0 fully saturated rings. The maximum absolute atomic E-state index is 11.2. The normalized spacial score (nSPS) is 11.1. The maximum Gasteiger partial charge on any atom is 0.303 e. The van der Waals surface area contributed by atoms with Gasteiger partial charge in [-0.2, -0.15) is 0 Å². The number of nitrogens with zero attached hydrogens (tertiary/aromatic N) is 1. The molecule has 3 rings (SSSR count). The van der Waals surface area contributed by atoms with E-state index in [4.69, 9.17) is 0 Å². The van der Waals surface area contributed by atoms with Gasteiger partial charge in [0.1, 0.15) is 0 Å². The summed E-state index contributed by atoms with van der Waals surface area (Å²) in [5.74, 6) is -2.55. The van der Waals surface area contributed by atoms with Gasteiger partial charge >= 0.3 is 11.9 Å². The van der Waals surface area contributed by atoms with Gasteiger partial charge in [-0.05, 0) is 17.2 Å². The molecule has 2 N–H and O–H groups in total. The fourth-order valence-corrected chi connectivity index (χ4v) is 3.23. The van der Waals surface area contributed by atoms with Crippen molar-refractivity contribution in [2.75, 3.05) is 0 Å². The van der Waals surface area contributed by atoms with Gasteiger partial charge < -0.3 is 14.8 Å². The third-order valence-electron chi connectivity index (χ3n) is 4.30. The summed E-state index contributed by atoms with van der Waals surface area (Å²) in [6, 6.07) is 17.7. The zero-order valence-corrected chi connectivity index (χ0v) is 13.6. The van der Waals surface area contributed by atoms with E-state index in [0.29, 0.717) is 6.54 Å². The fraction of sp³-hybridized carbons (Fsp3) is 0.200. The van der Waals surface area contributed by atoms with Crippen LogP contribution in [0.5, 0.6) is 0 Å². The molecule has 0 aliphatic heterocycles. The molecule has 5 nitrogen and oxygen atoms in total. The molecule has 0 aliphatic rings. The Balaban J connectivity index is 2.05. The summed E-state index contributed by atoms with van der Waals surface area (Å²) in [5, 5.41) is 19.3. The summed E-state index contributed by atoms with van der Waals surface area (Å²) < 4.78 is 2.05. The molecular weight excluding hydrogens is 318 g/mol. The molecule has 0 aliphatic carbocycles. The predicted octanol–water partition coefficient (Wildman–Crippen LogP) is 3.72. The van der Waals surface area contributed by atoms with Crippen LogP contribution < -0.4 is 0 Å². The van der Waals surface area contributed by atoms with Crippen LogP contribution in [-0.4, -0.2) is 26.7 Å². The topological polar surface area (TPSA) is 79.5 Å². The number of aromatic nitrogens is 1. The van der Waals surface area contributed by atoms with Crippen molar-refractivity contribution < 1.29 is 19.8 Å². The average Bonchev–Trinajstić information content (AvgIpc) is 2.93. The SMILES string of the molecule is O=C(O)CC(CC(=O)O)c1cn(Cc2ccccc2)c2ccccc12. The Morgan fingerprint density at radius 2 is 1.48 bits per heavy atom. The minimum atomic E-state index is -0.994. The predicted molar refractivity (Wildman–Crippen MR) is 94.7 cm³/mol. The number of benzene rings is 2. The molecule has 0 unspecified atom stereocenters. The van der Waals surface area contributed by atoms with Crippen LogP contribution in [0.1, 0.15) is 29.9 Å². The van der Waals surface area contributed by atoms with E-state index in [-0.39, 0.29) is 12.8 Å². The van der Waals surface area contributed by atoms with E-state index in [0.717, 1.165) is 22.0 Å². The van der Waals surface area contributed by atoms with Crippen molar-refractivity contribution in [3.63, 3.8) is 0 Å². The van der Waals surface area contributed by atoms with Crippen molar-refractivity contribution >= 4 is 22.8 Å². The van der Waals surface area contributed by atoms with Gasteiger partial charge in [-0.3, -0.25) is 9.59 Å². The molecule has 2 aromatic carbocycles. The first-order chi connectivity index (χ1) is 12.0. The minimum Gasteiger partial charge on any atom is -0.481 e. The van der Waals surface area contributed by atoms with Gasteiger partial charge in [-0.15, -0.1) is 0 Å². The molecule has 0 radical (unpaired) electrons. The molecule has 128 valence electrons. The number of rotatable bonds is 7.